The number of phenolic OH excluding ortho intramolecular Hbond substituents is 1. The molecule has 0 unspecified atom stereocenters. The maximum absolute atomic E-state index is 9.17. The minimum Gasteiger partial charge on any atom is -0.508 e. The molecular formula is C11H11N3O2. The Hall–Kier alpha value is -2.30. The van der Waals surface area contributed by atoms with E-state index in [-0.39, 0.29) is 5.75 Å². The number of rotatable bonds is 2. The van der Waals surface area contributed by atoms with E-state index in [9.17, 15) is 0 Å². The molecule has 1 aromatic heterocycles. The smallest absolute Gasteiger partial charge is 0.218 e. The fraction of sp³-hybridized carbons (Fsp3) is 0.0909. The number of nitrogens with two attached hydrogens (primary N) is 1. The molecular weight excluding hydrogens is 206 g/mol. The molecule has 0 aliphatic heterocycles. The van der Waals surface area contributed by atoms with Gasteiger partial charge in [0.25, 0.3) is 0 Å². The fourth-order valence-electron chi connectivity index (χ4n) is 1.29. The molecule has 0 saturated heterocycles. The summed E-state index contributed by atoms with van der Waals surface area (Å²) in [5.41, 5.74) is 6.39. The van der Waals surface area contributed by atoms with Crippen molar-refractivity contribution in [1.29, 1.82) is 0 Å². The summed E-state index contributed by atoms with van der Waals surface area (Å²) in [6.07, 6.45) is 0. The Labute approximate surface area is 92.5 Å². The third-order valence-corrected chi connectivity index (χ3v) is 2.06. The van der Waals surface area contributed by atoms with Crippen LogP contribution in [-0.2, 0) is 0 Å². The summed E-state index contributed by atoms with van der Waals surface area (Å²) in [6.45, 7) is 0. The van der Waals surface area contributed by atoms with Gasteiger partial charge in [0.05, 0.1) is 7.11 Å². The van der Waals surface area contributed by atoms with Gasteiger partial charge in [-0.25, -0.2) is 4.98 Å². The lowest BCUT2D eigenvalue weighted by Gasteiger charge is -2.04. The normalized spacial score (nSPS) is 10.1. The van der Waals surface area contributed by atoms with E-state index in [1.54, 1.807) is 30.3 Å². The lowest BCUT2D eigenvalue weighted by molar-refractivity contribution is 0.398. The summed E-state index contributed by atoms with van der Waals surface area (Å²) in [5.74, 6) is 1.42. The predicted octanol–water partition coefficient (Wildman–Crippen LogP) is 1.44. The first-order chi connectivity index (χ1) is 7.69. The van der Waals surface area contributed by atoms with Crippen molar-refractivity contribution in [2.75, 3.05) is 12.8 Å². The van der Waals surface area contributed by atoms with E-state index in [2.05, 4.69) is 9.97 Å². The van der Waals surface area contributed by atoms with Gasteiger partial charge in [-0.15, -0.1) is 0 Å². The highest BCUT2D eigenvalue weighted by Gasteiger charge is 2.05. The third kappa shape index (κ3) is 2.03. The van der Waals surface area contributed by atoms with Crippen LogP contribution in [-0.4, -0.2) is 22.2 Å². The van der Waals surface area contributed by atoms with Crippen LogP contribution >= 0.6 is 0 Å². The molecule has 16 heavy (non-hydrogen) atoms. The molecule has 1 heterocycles. The Balaban J connectivity index is 2.47. The van der Waals surface area contributed by atoms with Crippen molar-refractivity contribution in [1.82, 2.24) is 9.97 Å². The van der Waals surface area contributed by atoms with Gasteiger partial charge in [0.2, 0.25) is 5.88 Å². The molecule has 1 aromatic carbocycles. The minimum atomic E-state index is 0.194. The van der Waals surface area contributed by atoms with Crippen molar-refractivity contribution in [3.63, 3.8) is 0 Å². The van der Waals surface area contributed by atoms with Gasteiger partial charge in [-0.2, -0.15) is 4.98 Å². The molecule has 2 rings (SSSR count). The van der Waals surface area contributed by atoms with Crippen LogP contribution in [0.5, 0.6) is 11.6 Å². The van der Waals surface area contributed by atoms with Crippen molar-refractivity contribution in [3.8, 4) is 23.0 Å². The molecule has 2 aromatic rings. The van der Waals surface area contributed by atoms with Crippen molar-refractivity contribution in [2.24, 2.45) is 0 Å². The van der Waals surface area contributed by atoms with Gasteiger partial charge in [0, 0.05) is 11.6 Å². The largest absolute Gasteiger partial charge is 0.508 e. The Kier molecular flexibility index (Phi) is 2.59. The van der Waals surface area contributed by atoms with E-state index in [1.807, 2.05) is 0 Å². The second kappa shape index (κ2) is 4.06. The van der Waals surface area contributed by atoms with Gasteiger partial charge >= 0.3 is 0 Å². The third-order valence-electron chi connectivity index (χ3n) is 2.06. The summed E-state index contributed by atoms with van der Waals surface area (Å²) < 4.78 is 5.00. The minimum absolute atomic E-state index is 0.194. The van der Waals surface area contributed by atoms with Gasteiger partial charge in [0.1, 0.15) is 11.6 Å². The van der Waals surface area contributed by atoms with Crippen LogP contribution in [0.25, 0.3) is 11.4 Å². The first kappa shape index (κ1) is 10.2. The molecule has 0 spiro atoms. The average Bonchev–Trinajstić information content (AvgIpc) is 2.29. The highest BCUT2D eigenvalue weighted by atomic mass is 16.5. The highest BCUT2D eigenvalue weighted by Crippen LogP contribution is 2.21. The van der Waals surface area contributed by atoms with Crippen molar-refractivity contribution in [3.05, 3.63) is 30.3 Å². The van der Waals surface area contributed by atoms with Crippen LogP contribution in [0.3, 0.4) is 0 Å². The number of hydrogen-bond donors (Lipinski definition) is 2. The predicted molar refractivity (Wildman–Crippen MR) is 60.1 cm³/mol. The molecule has 0 amide bonds. The maximum atomic E-state index is 9.17. The number of benzene rings is 1. The molecule has 0 aliphatic carbocycles. The number of aromatic nitrogens is 2. The summed E-state index contributed by atoms with van der Waals surface area (Å²) in [7, 11) is 1.52. The van der Waals surface area contributed by atoms with E-state index < -0.39 is 0 Å². The van der Waals surface area contributed by atoms with Crippen LogP contribution in [0.1, 0.15) is 0 Å². The number of nitrogens with zero attached hydrogens (tertiary/aromatic N) is 2. The molecule has 82 valence electrons. The first-order valence-corrected chi connectivity index (χ1v) is 4.67. The molecule has 0 fully saturated rings. The Morgan fingerprint density at radius 1 is 1.19 bits per heavy atom. The monoisotopic (exact) mass is 217 g/mol. The summed E-state index contributed by atoms with van der Waals surface area (Å²) in [6, 6.07) is 8.10. The molecule has 0 aliphatic rings. The number of methoxy groups -OCH3 is 1. The number of aromatic hydroxyl groups is 1. The van der Waals surface area contributed by atoms with E-state index in [4.69, 9.17) is 15.6 Å². The quantitative estimate of drug-likeness (QED) is 0.795. The number of nitrogen functional groups attached to an aromatic ring is 1. The zero-order valence-electron chi connectivity index (χ0n) is 8.71. The average molecular weight is 217 g/mol. The Bertz CT molecular complexity index is 497. The fourth-order valence-corrected chi connectivity index (χ4v) is 1.29. The lowest BCUT2D eigenvalue weighted by Crippen LogP contribution is -1.98. The maximum Gasteiger partial charge on any atom is 0.218 e. The van der Waals surface area contributed by atoms with Gasteiger partial charge in [-0.3, -0.25) is 0 Å². The lowest BCUT2D eigenvalue weighted by atomic mass is 10.2. The van der Waals surface area contributed by atoms with Gasteiger partial charge in [-0.1, -0.05) is 0 Å². The number of phenols is 1. The Morgan fingerprint density at radius 2 is 1.88 bits per heavy atom. The molecule has 0 atom stereocenters. The van der Waals surface area contributed by atoms with E-state index in [0.717, 1.165) is 5.56 Å². The topological polar surface area (TPSA) is 81.3 Å². The second-order valence-corrected chi connectivity index (χ2v) is 3.21. The van der Waals surface area contributed by atoms with Gasteiger partial charge < -0.3 is 15.6 Å². The molecule has 0 saturated carbocycles. The molecule has 3 N–H and O–H groups in total. The highest BCUT2D eigenvalue weighted by molar-refractivity contribution is 5.58. The van der Waals surface area contributed by atoms with E-state index >= 15 is 0 Å². The second-order valence-electron chi connectivity index (χ2n) is 3.21. The van der Waals surface area contributed by atoms with E-state index in [1.165, 1.54) is 7.11 Å². The van der Waals surface area contributed by atoms with Gasteiger partial charge in [0.15, 0.2) is 5.82 Å². The molecule has 0 radical (unpaired) electrons. The standard InChI is InChI=1S/C11H11N3O2/c1-16-10-6-9(12)13-11(14-10)7-2-4-8(15)5-3-7/h2-6,15H,1H3,(H2,12,13,14). The first-order valence-electron chi connectivity index (χ1n) is 4.67. The Morgan fingerprint density at radius 3 is 2.50 bits per heavy atom. The van der Waals surface area contributed by atoms with Crippen LogP contribution in [0.4, 0.5) is 5.82 Å². The summed E-state index contributed by atoms with van der Waals surface area (Å²) in [5, 5.41) is 9.17. The van der Waals surface area contributed by atoms with Crippen molar-refractivity contribution in [2.45, 2.75) is 0 Å². The van der Waals surface area contributed by atoms with E-state index in [0.29, 0.717) is 17.5 Å². The SMILES string of the molecule is COc1cc(N)nc(-c2ccc(O)cc2)n1. The van der Waals surface area contributed by atoms with Crippen molar-refractivity contribution >= 4 is 5.82 Å². The van der Waals surface area contributed by atoms with Gasteiger partial charge in [-0.05, 0) is 24.3 Å². The van der Waals surface area contributed by atoms with Crippen molar-refractivity contribution < 1.29 is 9.84 Å². The summed E-state index contributed by atoms with van der Waals surface area (Å²) in [4.78, 5) is 8.24. The zero-order chi connectivity index (χ0) is 11.5. The number of anilines is 1. The summed E-state index contributed by atoms with van der Waals surface area (Å²) >= 11 is 0. The van der Waals surface area contributed by atoms with Crippen LogP contribution < -0.4 is 10.5 Å². The number of hydrogen-bond acceptors (Lipinski definition) is 5. The molecule has 5 nitrogen and oxygen atoms in total. The molecule has 5 heteroatoms. The number of ether oxygens (including phenoxy) is 1. The molecule has 0 bridgehead atoms. The van der Waals surface area contributed by atoms with Crippen LogP contribution in [0.15, 0.2) is 30.3 Å². The van der Waals surface area contributed by atoms with Crippen LogP contribution in [0, 0.1) is 0 Å². The zero-order valence-corrected chi connectivity index (χ0v) is 8.71. The van der Waals surface area contributed by atoms with Crippen LogP contribution in [0.2, 0.25) is 0 Å².